The molecule has 102 valence electrons. The number of benzene rings is 1. The van der Waals surface area contributed by atoms with Crippen LogP contribution in [0.5, 0.6) is 0 Å². The zero-order chi connectivity index (χ0) is 14.0. The summed E-state index contributed by atoms with van der Waals surface area (Å²) in [7, 11) is 0. The largest absolute Gasteiger partial charge is 0.480 e. The fourth-order valence-electron chi connectivity index (χ4n) is 2.52. The van der Waals surface area contributed by atoms with Crippen LogP contribution < -0.4 is 5.32 Å². The highest BCUT2D eigenvalue weighted by atomic mass is 16.4. The standard InChI is InChI=1S/C15H19NO3/c1-10-5-3-6-12(9-10)15(7-4-8-15)14(19)16-11(2)13(17)18/h3,5-6,9,11H,4,7-8H2,1-2H3,(H,16,19)(H,17,18)/t11-/m1/s1. The van der Waals surface area contributed by atoms with Crippen molar-refractivity contribution in [2.45, 2.75) is 44.6 Å². The summed E-state index contributed by atoms with van der Waals surface area (Å²) in [4.78, 5) is 23.2. The van der Waals surface area contributed by atoms with Crippen molar-refractivity contribution in [2.24, 2.45) is 0 Å². The van der Waals surface area contributed by atoms with Crippen LogP contribution in [0.15, 0.2) is 24.3 Å². The minimum Gasteiger partial charge on any atom is -0.480 e. The molecule has 0 bridgehead atoms. The highest BCUT2D eigenvalue weighted by Crippen LogP contribution is 2.44. The predicted octanol–water partition coefficient (Wildman–Crippen LogP) is 2.01. The minimum atomic E-state index is -1.01. The first kappa shape index (κ1) is 13.6. The molecular formula is C15H19NO3. The second kappa shape index (κ2) is 5.03. The van der Waals surface area contributed by atoms with Gasteiger partial charge in [0.25, 0.3) is 0 Å². The zero-order valence-electron chi connectivity index (χ0n) is 11.3. The molecule has 1 saturated carbocycles. The van der Waals surface area contributed by atoms with Gasteiger partial charge in [-0.1, -0.05) is 36.2 Å². The van der Waals surface area contributed by atoms with E-state index in [0.29, 0.717) is 0 Å². The number of hydrogen-bond acceptors (Lipinski definition) is 2. The fourth-order valence-corrected chi connectivity index (χ4v) is 2.52. The Morgan fingerprint density at radius 3 is 2.53 bits per heavy atom. The lowest BCUT2D eigenvalue weighted by Gasteiger charge is -2.41. The van der Waals surface area contributed by atoms with Crippen molar-refractivity contribution in [1.82, 2.24) is 5.32 Å². The zero-order valence-corrected chi connectivity index (χ0v) is 11.3. The molecule has 1 aliphatic rings. The van der Waals surface area contributed by atoms with Gasteiger partial charge in [-0.15, -0.1) is 0 Å². The summed E-state index contributed by atoms with van der Waals surface area (Å²) in [6, 6.07) is 7.06. The molecule has 1 aromatic rings. The van der Waals surface area contributed by atoms with E-state index in [0.717, 1.165) is 30.4 Å². The van der Waals surface area contributed by atoms with Gasteiger partial charge in [-0.3, -0.25) is 9.59 Å². The third-order valence-electron chi connectivity index (χ3n) is 3.93. The predicted molar refractivity (Wildman–Crippen MR) is 71.9 cm³/mol. The van der Waals surface area contributed by atoms with Crippen LogP contribution in [0.3, 0.4) is 0 Å². The van der Waals surface area contributed by atoms with Crippen LogP contribution in [0.2, 0.25) is 0 Å². The Balaban J connectivity index is 2.23. The number of carbonyl (C=O) groups excluding carboxylic acids is 1. The molecule has 0 spiro atoms. The van der Waals surface area contributed by atoms with Gasteiger partial charge in [0.2, 0.25) is 5.91 Å². The molecule has 0 aromatic heterocycles. The minimum absolute atomic E-state index is 0.167. The number of hydrogen-bond donors (Lipinski definition) is 2. The van der Waals surface area contributed by atoms with Gasteiger partial charge in [-0.05, 0) is 32.3 Å². The van der Waals surface area contributed by atoms with E-state index in [1.165, 1.54) is 6.92 Å². The quantitative estimate of drug-likeness (QED) is 0.871. The normalized spacial score (nSPS) is 18.2. The summed E-state index contributed by atoms with van der Waals surface area (Å²) in [5.41, 5.74) is 1.58. The number of carboxylic acids is 1. The number of amides is 1. The molecule has 0 saturated heterocycles. The van der Waals surface area contributed by atoms with Crippen molar-refractivity contribution in [2.75, 3.05) is 0 Å². The fraction of sp³-hybridized carbons (Fsp3) is 0.467. The van der Waals surface area contributed by atoms with E-state index < -0.39 is 17.4 Å². The first-order chi connectivity index (χ1) is 8.95. The number of rotatable bonds is 4. The van der Waals surface area contributed by atoms with Crippen molar-refractivity contribution >= 4 is 11.9 Å². The number of nitrogens with one attached hydrogen (secondary N) is 1. The van der Waals surface area contributed by atoms with Crippen LogP contribution in [0.25, 0.3) is 0 Å². The molecule has 2 rings (SSSR count). The molecule has 1 aliphatic carbocycles. The summed E-state index contributed by atoms with van der Waals surface area (Å²) in [5, 5.41) is 11.5. The molecule has 4 heteroatoms. The maximum absolute atomic E-state index is 12.4. The van der Waals surface area contributed by atoms with E-state index in [2.05, 4.69) is 5.32 Å². The lowest BCUT2D eigenvalue weighted by Crippen LogP contribution is -2.53. The monoisotopic (exact) mass is 261 g/mol. The van der Waals surface area contributed by atoms with Gasteiger partial charge in [-0.25, -0.2) is 0 Å². The Morgan fingerprint density at radius 1 is 1.37 bits per heavy atom. The van der Waals surface area contributed by atoms with Crippen LogP contribution in [0, 0.1) is 6.92 Å². The third-order valence-corrected chi connectivity index (χ3v) is 3.93. The van der Waals surface area contributed by atoms with Crippen molar-refractivity contribution < 1.29 is 14.7 Å². The van der Waals surface area contributed by atoms with Crippen LogP contribution in [0.4, 0.5) is 0 Å². The van der Waals surface area contributed by atoms with E-state index in [4.69, 9.17) is 5.11 Å². The molecule has 0 aliphatic heterocycles. The maximum Gasteiger partial charge on any atom is 0.325 e. The van der Waals surface area contributed by atoms with Crippen molar-refractivity contribution in [3.63, 3.8) is 0 Å². The summed E-state index contributed by atoms with van der Waals surface area (Å²) < 4.78 is 0. The van der Waals surface area contributed by atoms with E-state index in [1.54, 1.807) is 0 Å². The summed E-state index contributed by atoms with van der Waals surface area (Å²) >= 11 is 0. The highest BCUT2D eigenvalue weighted by molar-refractivity contribution is 5.92. The van der Waals surface area contributed by atoms with Gasteiger partial charge in [0.1, 0.15) is 6.04 Å². The molecule has 0 heterocycles. The Kier molecular flexibility index (Phi) is 3.60. The van der Waals surface area contributed by atoms with Gasteiger partial charge in [0.05, 0.1) is 5.41 Å². The first-order valence-electron chi connectivity index (χ1n) is 6.57. The lowest BCUT2D eigenvalue weighted by molar-refractivity contribution is -0.143. The average Bonchev–Trinajstić information content (AvgIpc) is 2.27. The highest BCUT2D eigenvalue weighted by Gasteiger charge is 2.46. The first-order valence-corrected chi connectivity index (χ1v) is 6.57. The molecule has 1 amide bonds. The molecule has 19 heavy (non-hydrogen) atoms. The second-order valence-electron chi connectivity index (χ2n) is 5.34. The Hall–Kier alpha value is -1.84. The molecule has 0 unspecified atom stereocenters. The summed E-state index contributed by atoms with van der Waals surface area (Å²) in [6.07, 6.45) is 2.58. The van der Waals surface area contributed by atoms with Crippen molar-refractivity contribution in [3.8, 4) is 0 Å². The Labute approximate surface area is 112 Å². The van der Waals surface area contributed by atoms with Gasteiger partial charge in [-0.2, -0.15) is 0 Å². The number of carboxylic acid groups (broad SMARTS) is 1. The van der Waals surface area contributed by atoms with E-state index in [9.17, 15) is 9.59 Å². The lowest BCUT2D eigenvalue weighted by atomic mass is 9.63. The molecule has 1 atom stereocenters. The average molecular weight is 261 g/mol. The Morgan fingerprint density at radius 2 is 2.05 bits per heavy atom. The molecular weight excluding hydrogens is 242 g/mol. The van der Waals surface area contributed by atoms with Crippen LogP contribution in [-0.2, 0) is 15.0 Å². The number of aliphatic carboxylic acids is 1. The van der Waals surface area contributed by atoms with Crippen molar-refractivity contribution in [1.29, 1.82) is 0 Å². The summed E-state index contributed by atoms with van der Waals surface area (Å²) in [6.45, 7) is 3.48. The molecule has 0 radical (unpaired) electrons. The van der Waals surface area contributed by atoms with Gasteiger partial charge >= 0.3 is 5.97 Å². The SMILES string of the molecule is Cc1cccc(C2(C(=O)N[C@H](C)C(=O)O)CCC2)c1. The Bertz CT molecular complexity index is 506. The van der Waals surface area contributed by atoms with Gasteiger partial charge in [0.15, 0.2) is 0 Å². The smallest absolute Gasteiger partial charge is 0.325 e. The van der Waals surface area contributed by atoms with E-state index in [-0.39, 0.29) is 5.91 Å². The van der Waals surface area contributed by atoms with Gasteiger partial charge < -0.3 is 10.4 Å². The number of aryl methyl sites for hydroxylation is 1. The molecule has 4 nitrogen and oxygen atoms in total. The van der Waals surface area contributed by atoms with Crippen LogP contribution in [-0.4, -0.2) is 23.0 Å². The molecule has 1 aromatic carbocycles. The third kappa shape index (κ3) is 2.48. The summed E-state index contributed by atoms with van der Waals surface area (Å²) in [5.74, 6) is -1.17. The molecule has 1 fully saturated rings. The number of carbonyl (C=O) groups is 2. The van der Waals surface area contributed by atoms with Crippen molar-refractivity contribution in [3.05, 3.63) is 35.4 Å². The van der Waals surface area contributed by atoms with E-state index >= 15 is 0 Å². The van der Waals surface area contributed by atoms with E-state index in [1.807, 2.05) is 31.2 Å². The van der Waals surface area contributed by atoms with Gasteiger partial charge in [0, 0.05) is 0 Å². The van der Waals surface area contributed by atoms with Crippen LogP contribution >= 0.6 is 0 Å². The second-order valence-corrected chi connectivity index (χ2v) is 5.34. The topological polar surface area (TPSA) is 66.4 Å². The molecule has 2 N–H and O–H groups in total. The maximum atomic E-state index is 12.4. The van der Waals surface area contributed by atoms with Crippen LogP contribution in [0.1, 0.15) is 37.3 Å².